The van der Waals surface area contributed by atoms with Gasteiger partial charge in [-0.1, -0.05) is 68.6 Å². The monoisotopic (exact) mass is 690 g/mol. The smallest absolute Gasteiger partial charge is 0.289 e. The molecule has 2 aromatic rings. The highest BCUT2D eigenvalue weighted by atomic mass is 35.5. The minimum absolute atomic E-state index is 0.0244. The normalized spacial score (nSPS) is 25.5. The molecule has 0 bridgehead atoms. The van der Waals surface area contributed by atoms with Crippen molar-refractivity contribution in [1.29, 1.82) is 0 Å². The molecule has 1 saturated heterocycles. The first-order valence-electron chi connectivity index (χ1n) is 16.9. The summed E-state index contributed by atoms with van der Waals surface area (Å²) < 4.78 is 0. The number of ketones is 1. The Balaban J connectivity index is 1.25. The predicted octanol–water partition coefficient (Wildman–Crippen LogP) is 3.13. The predicted molar refractivity (Wildman–Crippen MR) is 181 cm³/mol. The molecule has 13 heteroatoms. The van der Waals surface area contributed by atoms with Crippen molar-refractivity contribution in [3.8, 4) is 0 Å². The zero-order valence-electron chi connectivity index (χ0n) is 28.2. The molecule has 0 unspecified atom stereocenters. The van der Waals surface area contributed by atoms with E-state index in [1.165, 1.54) is 11.9 Å². The Bertz CT molecular complexity index is 1670. The van der Waals surface area contributed by atoms with Crippen LogP contribution in [-0.2, 0) is 28.8 Å². The molecule has 1 spiro atoms. The number of oxime groups is 1. The average Bonchev–Trinajstić information content (AvgIpc) is 4.00. The van der Waals surface area contributed by atoms with Crippen molar-refractivity contribution in [3.05, 3.63) is 64.9 Å². The zero-order chi connectivity index (χ0) is 35.1. The number of likely N-dealkylation sites (N-methyl/N-ethyl adjacent to an activating group) is 1. The van der Waals surface area contributed by atoms with Gasteiger partial charge in [0.2, 0.25) is 23.5 Å². The number of benzene rings is 1. The number of amides is 4. The summed E-state index contributed by atoms with van der Waals surface area (Å²) in [5.74, 6) is -2.89. The van der Waals surface area contributed by atoms with Crippen LogP contribution < -0.4 is 16.0 Å². The number of likely N-dealkylation sites (tertiary alicyclic amines) is 1. The van der Waals surface area contributed by atoms with Crippen molar-refractivity contribution in [2.45, 2.75) is 88.9 Å². The Labute approximate surface area is 290 Å². The molecule has 2 aliphatic carbocycles. The lowest BCUT2D eigenvalue weighted by molar-refractivity contribution is -0.145. The number of nitrogens with one attached hydrogen (secondary N) is 3. The van der Waals surface area contributed by atoms with E-state index in [9.17, 15) is 24.0 Å². The molecule has 3 N–H and O–H groups in total. The van der Waals surface area contributed by atoms with E-state index in [4.69, 9.17) is 16.4 Å². The highest BCUT2D eigenvalue weighted by Crippen LogP contribution is 2.47. The van der Waals surface area contributed by atoms with Gasteiger partial charge in [-0.3, -0.25) is 29.0 Å². The van der Waals surface area contributed by atoms with Gasteiger partial charge in [0.25, 0.3) is 5.91 Å². The van der Waals surface area contributed by atoms with Crippen LogP contribution in [0.5, 0.6) is 0 Å². The number of carbonyl (C=O) groups excluding carboxylic acids is 5. The molecule has 6 atom stereocenters. The third-order valence-corrected chi connectivity index (χ3v) is 10.2. The van der Waals surface area contributed by atoms with E-state index < -0.39 is 52.6 Å². The summed E-state index contributed by atoms with van der Waals surface area (Å²) in [6.07, 6.45) is 4.89. The summed E-state index contributed by atoms with van der Waals surface area (Å²) in [4.78, 5) is 79.6. The van der Waals surface area contributed by atoms with E-state index >= 15 is 0 Å². The molecular weight excluding hydrogens is 648 g/mol. The summed E-state index contributed by atoms with van der Waals surface area (Å²) in [7, 11) is 1.37. The van der Waals surface area contributed by atoms with E-state index in [2.05, 4.69) is 26.1 Å². The van der Waals surface area contributed by atoms with Gasteiger partial charge in [0, 0.05) is 54.2 Å². The summed E-state index contributed by atoms with van der Waals surface area (Å²) in [5, 5.41) is 13.1. The Kier molecular flexibility index (Phi) is 9.54. The Morgan fingerprint density at radius 3 is 2.49 bits per heavy atom. The fourth-order valence-corrected chi connectivity index (χ4v) is 7.08. The van der Waals surface area contributed by atoms with Crippen LogP contribution >= 0.6 is 11.6 Å². The van der Waals surface area contributed by atoms with E-state index in [0.717, 1.165) is 24.1 Å². The number of hydrogen-bond acceptors (Lipinski definition) is 8. The molecule has 4 amide bonds. The molecule has 3 heterocycles. The van der Waals surface area contributed by atoms with Crippen LogP contribution in [0.4, 0.5) is 0 Å². The van der Waals surface area contributed by atoms with Gasteiger partial charge in [0.05, 0.1) is 18.3 Å². The third kappa shape index (κ3) is 7.64. The van der Waals surface area contributed by atoms with Crippen LogP contribution in [0, 0.1) is 17.3 Å². The second-order valence-corrected chi connectivity index (χ2v) is 15.3. The van der Waals surface area contributed by atoms with Crippen LogP contribution in [-0.4, -0.2) is 82.3 Å². The number of Topliss-reactive ketones (excluding diaryl/α,β-unsaturated/α-hetero) is 1. The van der Waals surface area contributed by atoms with Crippen molar-refractivity contribution in [2.75, 3.05) is 13.6 Å². The number of hydrogen-bond donors (Lipinski definition) is 3. The third-order valence-electron chi connectivity index (χ3n) is 9.93. The number of rotatable bonds is 11. The highest BCUT2D eigenvalue weighted by molar-refractivity contribution is 6.38. The van der Waals surface area contributed by atoms with Crippen LogP contribution in [0.15, 0.2) is 53.8 Å². The molecule has 260 valence electrons. The Morgan fingerprint density at radius 1 is 1.06 bits per heavy atom. The van der Waals surface area contributed by atoms with Gasteiger partial charge in [-0.2, -0.15) is 0 Å². The van der Waals surface area contributed by atoms with Crippen LogP contribution in [0.2, 0.25) is 5.02 Å². The van der Waals surface area contributed by atoms with Crippen molar-refractivity contribution < 1.29 is 28.8 Å². The Morgan fingerprint density at radius 2 is 1.84 bits per heavy atom. The molecule has 2 aliphatic heterocycles. The first kappa shape index (κ1) is 34.5. The maximum atomic E-state index is 14.6. The van der Waals surface area contributed by atoms with Crippen LogP contribution in [0.25, 0.3) is 0 Å². The second-order valence-electron chi connectivity index (χ2n) is 14.9. The lowest BCUT2D eigenvalue weighted by atomic mass is 9.85. The molecule has 6 rings (SSSR count). The quantitative estimate of drug-likeness (QED) is 0.306. The number of pyridine rings is 1. The van der Waals surface area contributed by atoms with E-state index in [-0.39, 0.29) is 36.6 Å². The maximum Gasteiger partial charge on any atom is 0.289 e. The largest absolute Gasteiger partial charge is 0.387 e. The van der Waals surface area contributed by atoms with Crippen molar-refractivity contribution >= 4 is 46.7 Å². The minimum atomic E-state index is -1.05. The van der Waals surface area contributed by atoms with Gasteiger partial charge in [0.15, 0.2) is 5.60 Å². The van der Waals surface area contributed by atoms with Gasteiger partial charge in [-0.15, -0.1) is 0 Å². The molecule has 0 radical (unpaired) electrons. The van der Waals surface area contributed by atoms with Gasteiger partial charge in [0.1, 0.15) is 12.1 Å². The minimum Gasteiger partial charge on any atom is -0.387 e. The van der Waals surface area contributed by atoms with Gasteiger partial charge in [-0.25, -0.2) is 0 Å². The lowest BCUT2D eigenvalue weighted by Crippen LogP contribution is -2.59. The average molecular weight is 691 g/mol. The summed E-state index contributed by atoms with van der Waals surface area (Å²) in [6, 6.07) is 9.75. The first-order chi connectivity index (χ1) is 23.3. The summed E-state index contributed by atoms with van der Waals surface area (Å²) >= 11 is 6.24. The van der Waals surface area contributed by atoms with Crippen molar-refractivity contribution in [1.82, 2.24) is 25.8 Å². The summed E-state index contributed by atoms with van der Waals surface area (Å²) in [5.41, 5.74) is 0.482. The molecule has 1 aromatic carbocycles. The lowest BCUT2D eigenvalue weighted by Gasteiger charge is -2.35. The fourth-order valence-electron chi connectivity index (χ4n) is 6.89. The Hall–Kier alpha value is -4.32. The van der Waals surface area contributed by atoms with Crippen molar-refractivity contribution in [3.63, 3.8) is 0 Å². The molecule has 2 saturated carbocycles. The highest BCUT2D eigenvalue weighted by Gasteiger charge is 2.56. The van der Waals surface area contributed by atoms with Crippen molar-refractivity contribution in [2.24, 2.45) is 22.4 Å². The van der Waals surface area contributed by atoms with Crippen LogP contribution in [0.3, 0.4) is 0 Å². The number of nitrogens with zero attached hydrogens (tertiary/aromatic N) is 3. The number of aromatic nitrogens is 1. The van der Waals surface area contributed by atoms with E-state index in [0.29, 0.717) is 30.0 Å². The fraction of sp³-hybridized carbons (Fsp3) is 0.528. The molecule has 12 nitrogen and oxygen atoms in total. The molecule has 3 fully saturated rings. The summed E-state index contributed by atoms with van der Waals surface area (Å²) in [6.45, 7) is 5.61. The van der Waals surface area contributed by atoms with Gasteiger partial charge < -0.3 is 25.7 Å². The SMILES string of the molecule is CNC(=O)C(=O)[C@H](CC1CC1)NC(=O)[C@@H]1C[C@]2(CC(c3cccc(Cl)c3)=NO2)CN1C(=O)[C@@H](NC(=O)[C@H]1C[C@@H]1c1ccccn1)C(C)(C)C. The molecule has 49 heavy (non-hydrogen) atoms. The number of halogens is 1. The van der Waals surface area contributed by atoms with E-state index in [1.54, 1.807) is 18.3 Å². The van der Waals surface area contributed by atoms with Gasteiger partial charge in [-0.05, 0) is 48.4 Å². The number of carbonyl (C=O) groups is 5. The standard InChI is InChI=1S/C36H43ClN6O6/c1-35(2,3)30(41-31(45)24-16-23(24)25-10-5-6-13-39-25)34(48)43-19-36(17-27(42-49-36)21-8-7-9-22(37)15-21)18-28(43)32(46)40-26(14-20-11-12-20)29(44)33(47)38-4/h5-10,13,15,20,23-24,26,28,30H,11-12,14,16-19H2,1-4H3,(H,38,47)(H,40,46)(H,41,45)/t23-,24-,26-,28-,30+,36+/m0/s1. The second kappa shape index (κ2) is 13.5. The van der Waals surface area contributed by atoms with Crippen LogP contribution in [0.1, 0.15) is 76.5 Å². The van der Waals surface area contributed by atoms with E-state index in [1.807, 2.05) is 51.1 Å². The zero-order valence-corrected chi connectivity index (χ0v) is 29.0. The van der Waals surface area contributed by atoms with Gasteiger partial charge >= 0.3 is 0 Å². The first-order valence-corrected chi connectivity index (χ1v) is 17.3. The molecule has 4 aliphatic rings. The topological polar surface area (TPSA) is 159 Å². The molecular formula is C36H43ClN6O6. The maximum absolute atomic E-state index is 14.6. The molecule has 1 aromatic heterocycles.